The quantitative estimate of drug-likeness (QED) is 0.617. The van der Waals surface area contributed by atoms with Crippen LogP contribution in [0.15, 0.2) is 60.0 Å². The minimum Gasteiger partial charge on any atom is -0.497 e. The number of nitrogens with one attached hydrogen (secondary N) is 1. The first-order valence-electron chi connectivity index (χ1n) is 8.69. The summed E-state index contributed by atoms with van der Waals surface area (Å²) in [5, 5.41) is 5.11. The van der Waals surface area contributed by atoms with Crippen molar-refractivity contribution in [1.82, 2.24) is 10.3 Å². The lowest BCUT2D eigenvalue weighted by atomic mass is 10.2. The van der Waals surface area contributed by atoms with E-state index in [2.05, 4.69) is 10.3 Å². The lowest BCUT2D eigenvalue weighted by molar-refractivity contribution is -0.129. The van der Waals surface area contributed by atoms with Crippen LogP contribution in [0.25, 0.3) is 10.6 Å². The minimum atomic E-state index is -0.923. The molecule has 1 N–H and O–H groups in total. The van der Waals surface area contributed by atoms with E-state index in [9.17, 15) is 9.59 Å². The molecule has 0 aliphatic carbocycles. The molecule has 2 aromatic carbocycles. The summed E-state index contributed by atoms with van der Waals surface area (Å²) in [6.07, 6.45) is -0.923. The fourth-order valence-corrected chi connectivity index (χ4v) is 3.23. The molecule has 0 unspecified atom stereocenters. The number of amides is 1. The summed E-state index contributed by atoms with van der Waals surface area (Å²) >= 11 is 1.35. The van der Waals surface area contributed by atoms with E-state index in [4.69, 9.17) is 9.47 Å². The Bertz CT molecular complexity index is 939. The Kier molecular flexibility index (Phi) is 6.39. The van der Waals surface area contributed by atoms with E-state index in [0.717, 1.165) is 21.9 Å². The van der Waals surface area contributed by atoms with Gasteiger partial charge in [-0.05, 0) is 24.6 Å². The Morgan fingerprint density at radius 3 is 2.50 bits per heavy atom. The summed E-state index contributed by atoms with van der Waals surface area (Å²) in [6.45, 7) is 1.87. The van der Waals surface area contributed by atoms with Gasteiger partial charge < -0.3 is 14.8 Å². The number of thiazole rings is 1. The number of hydrogen-bond acceptors (Lipinski definition) is 6. The third kappa shape index (κ3) is 4.95. The van der Waals surface area contributed by atoms with Crippen LogP contribution in [0.3, 0.4) is 0 Å². The third-order valence-electron chi connectivity index (χ3n) is 4.01. The van der Waals surface area contributed by atoms with E-state index in [-0.39, 0.29) is 11.6 Å². The van der Waals surface area contributed by atoms with Gasteiger partial charge in [0.2, 0.25) is 0 Å². The van der Waals surface area contributed by atoms with E-state index in [1.165, 1.54) is 18.3 Å². The molecule has 0 spiro atoms. The summed E-state index contributed by atoms with van der Waals surface area (Å²) in [5.41, 5.74) is 2.04. The zero-order valence-corrected chi connectivity index (χ0v) is 16.4. The van der Waals surface area contributed by atoms with Crippen molar-refractivity contribution >= 4 is 23.2 Å². The van der Waals surface area contributed by atoms with Crippen LogP contribution in [-0.4, -0.2) is 30.1 Å². The second kappa shape index (κ2) is 9.14. The molecule has 3 rings (SSSR count). The first-order chi connectivity index (χ1) is 13.6. The molecule has 1 amide bonds. The van der Waals surface area contributed by atoms with Gasteiger partial charge in [0.05, 0.1) is 7.11 Å². The SMILES string of the molecule is COc1ccc(CNC(=O)[C@@H](C)OC(=O)c2csc(-c3ccccc3)n2)cc1. The number of benzene rings is 2. The van der Waals surface area contributed by atoms with Gasteiger partial charge in [0.25, 0.3) is 5.91 Å². The van der Waals surface area contributed by atoms with Crippen LogP contribution in [0.2, 0.25) is 0 Å². The van der Waals surface area contributed by atoms with Gasteiger partial charge in [-0.2, -0.15) is 0 Å². The summed E-state index contributed by atoms with van der Waals surface area (Å²) in [7, 11) is 1.60. The predicted octanol–water partition coefficient (Wildman–Crippen LogP) is 3.68. The lowest BCUT2D eigenvalue weighted by Gasteiger charge is -2.13. The number of carbonyl (C=O) groups excluding carboxylic acids is 2. The highest BCUT2D eigenvalue weighted by Crippen LogP contribution is 2.23. The van der Waals surface area contributed by atoms with Crippen LogP contribution < -0.4 is 10.1 Å². The largest absolute Gasteiger partial charge is 0.497 e. The van der Waals surface area contributed by atoms with E-state index in [1.54, 1.807) is 12.5 Å². The molecule has 1 heterocycles. The molecule has 3 aromatic rings. The molecule has 0 aliphatic heterocycles. The number of hydrogen-bond donors (Lipinski definition) is 1. The lowest BCUT2D eigenvalue weighted by Crippen LogP contribution is -2.35. The van der Waals surface area contributed by atoms with Crippen molar-refractivity contribution in [3.8, 4) is 16.3 Å². The molecule has 0 fully saturated rings. The van der Waals surface area contributed by atoms with Gasteiger partial charge >= 0.3 is 5.97 Å². The molecule has 1 aromatic heterocycles. The summed E-state index contributed by atoms with van der Waals surface area (Å²) in [6, 6.07) is 16.9. The molecule has 28 heavy (non-hydrogen) atoms. The maximum atomic E-state index is 12.3. The van der Waals surface area contributed by atoms with Crippen LogP contribution in [-0.2, 0) is 16.1 Å². The van der Waals surface area contributed by atoms with Crippen LogP contribution in [0, 0.1) is 0 Å². The number of aromatic nitrogens is 1. The van der Waals surface area contributed by atoms with Gasteiger partial charge in [-0.3, -0.25) is 4.79 Å². The average Bonchev–Trinajstić information content (AvgIpc) is 3.23. The Morgan fingerprint density at radius 2 is 1.82 bits per heavy atom. The third-order valence-corrected chi connectivity index (χ3v) is 4.90. The van der Waals surface area contributed by atoms with Crippen molar-refractivity contribution in [3.63, 3.8) is 0 Å². The van der Waals surface area contributed by atoms with Crippen LogP contribution in [0.1, 0.15) is 23.0 Å². The molecule has 0 saturated carbocycles. The zero-order chi connectivity index (χ0) is 19.9. The smallest absolute Gasteiger partial charge is 0.358 e. The fraction of sp³-hybridized carbons (Fsp3) is 0.190. The van der Waals surface area contributed by atoms with Gasteiger partial charge in [-0.25, -0.2) is 9.78 Å². The molecule has 0 radical (unpaired) electrons. The van der Waals surface area contributed by atoms with E-state index in [0.29, 0.717) is 6.54 Å². The summed E-state index contributed by atoms with van der Waals surface area (Å²) < 4.78 is 10.3. The molecule has 0 saturated heterocycles. The highest BCUT2D eigenvalue weighted by atomic mass is 32.1. The standard InChI is InChI=1S/C21H20N2O4S/c1-14(19(24)22-12-15-8-10-17(26-2)11-9-15)27-21(25)18-13-28-20(23-18)16-6-4-3-5-7-16/h3-11,13-14H,12H2,1-2H3,(H,22,24)/t14-/m1/s1. The van der Waals surface area contributed by atoms with Crippen LogP contribution in [0.4, 0.5) is 0 Å². The first kappa shape index (κ1) is 19.6. The average molecular weight is 396 g/mol. The Morgan fingerprint density at radius 1 is 1.11 bits per heavy atom. The highest BCUT2D eigenvalue weighted by molar-refractivity contribution is 7.13. The highest BCUT2D eigenvalue weighted by Gasteiger charge is 2.21. The fourth-order valence-electron chi connectivity index (χ4n) is 2.43. The number of esters is 1. The molecular formula is C21H20N2O4S. The topological polar surface area (TPSA) is 77.5 Å². The Labute approximate surface area is 167 Å². The molecular weight excluding hydrogens is 376 g/mol. The van der Waals surface area contributed by atoms with E-state index >= 15 is 0 Å². The Hall–Kier alpha value is -3.19. The number of nitrogens with zero attached hydrogens (tertiary/aromatic N) is 1. The molecule has 7 heteroatoms. The monoisotopic (exact) mass is 396 g/mol. The van der Waals surface area contributed by atoms with E-state index in [1.807, 2.05) is 54.6 Å². The number of carbonyl (C=O) groups is 2. The first-order valence-corrected chi connectivity index (χ1v) is 9.57. The van der Waals surface area contributed by atoms with Gasteiger partial charge in [0.15, 0.2) is 11.8 Å². The molecule has 0 bridgehead atoms. The second-order valence-electron chi connectivity index (χ2n) is 6.02. The number of ether oxygens (including phenoxy) is 2. The molecule has 0 aliphatic rings. The van der Waals surface area contributed by atoms with Crippen molar-refractivity contribution in [2.45, 2.75) is 19.6 Å². The molecule has 144 valence electrons. The van der Waals surface area contributed by atoms with E-state index < -0.39 is 12.1 Å². The number of methoxy groups -OCH3 is 1. The predicted molar refractivity (Wildman–Crippen MR) is 107 cm³/mol. The summed E-state index contributed by atoms with van der Waals surface area (Å²) in [4.78, 5) is 28.8. The maximum absolute atomic E-state index is 12.3. The van der Waals surface area contributed by atoms with Crippen molar-refractivity contribution in [2.75, 3.05) is 7.11 Å². The van der Waals surface area contributed by atoms with Crippen LogP contribution >= 0.6 is 11.3 Å². The minimum absolute atomic E-state index is 0.193. The van der Waals surface area contributed by atoms with Gasteiger partial charge in [-0.1, -0.05) is 42.5 Å². The van der Waals surface area contributed by atoms with Crippen molar-refractivity contribution in [1.29, 1.82) is 0 Å². The van der Waals surface area contributed by atoms with Crippen LogP contribution in [0.5, 0.6) is 5.75 Å². The number of rotatable bonds is 7. The molecule has 1 atom stereocenters. The van der Waals surface area contributed by atoms with Crippen molar-refractivity contribution in [3.05, 3.63) is 71.2 Å². The maximum Gasteiger partial charge on any atom is 0.358 e. The molecule has 6 nitrogen and oxygen atoms in total. The van der Waals surface area contributed by atoms with Gasteiger partial charge in [0.1, 0.15) is 10.8 Å². The van der Waals surface area contributed by atoms with Gasteiger partial charge in [-0.15, -0.1) is 11.3 Å². The summed E-state index contributed by atoms with van der Waals surface area (Å²) in [5.74, 6) is -0.247. The normalized spacial score (nSPS) is 11.5. The second-order valence-corrected chi connectivity index (χ2v) is 6.88. The van der Waals surface area contributed by atoms with Crippen molar-refractivity contribution < 1.29 is 19.1 Å². The zero-order valence-electron chi connectivity index (χ0n) is 15.5. The van der Waals surface area contributed by atoms with Gasteiger partial charge in [0, 0.05) is 17.5 Å². The van der Waals surface area contributed by atoms with Crippen molar-refractivity contribution in [2.24, 2.45) is 0 Å². The Balaban J connectivity index is 1.53.